The molecule has 0 bridgehead atoms. The van der Waals surface area contributed by atoms with Crippen LogP contribution in [0, 0.1) is 23.0 Å². The predicted molar refractivity (Wildman–Crippen MR) is 80.0 cm³/mol. The van der Waals surface area contributed by atoms with Crippen LogP contribution in [0.1, 0.15) is 25.3 Å². The summed E-state index contributed by atoms with van der Waals surface area (Å²) in [6.45, 7) is 4.57. The minimum absolute atomic E-state index is 0.0341. The van der Waals surface area contributed by atoms with Gasteiger partial charge in [0.15, 0.2) is 0 Å². The van der Waals surface area contributed by atoms with Gasteiger partial charge in [-0.15, -0.1) is 0 Å². The third kappa shape index (κ3) is 3.20. The number of hydrogen-bond donors (Lipinski definition) is 0. The van der Waals surface area contributed by atoms with Crippen molar-refractivity contribution in [1.29, 1.82) is 0 Å². The van der Waals surface area contributed by atoms with E-state index in [1.807, 2.05) is 0 Å². The Kier molecular flexibility index (Phi) is 4.55. The van der Waals surface area contributed by atoms with E-state index in [1.54, 1.807) is 6.92 Å². The van der Waals surface area contributed by atoms with Gasteiger partial charge in [0.1, 0.15) is 5.02 Å². The van der Waals surface area contributed by atoms with Gasteiger partial charge in [0.05, 0.1) is 9.82 Å². The SMILES string of the molecule is Cc1cc(Cl)c([N+](=O)[O-])cc1S(=O)(=O)N1CCC(C)CC1. The molecule has 8 heteroatoms. The van der Waals surface area contributed by atoms with E-state index in [4.69, 9.17) is 11.6 Å². The van der Waals surface area contributed by atoms with E-state index in [0.29, 0.717) is 24.6 Å². The van der Waals surface area contributed by atoms with Gasteiger partial charge in [-0.25, -0.2) is 8.42 Å². The number of sulfonamides is 1. The summed E-state index contributed by atoms with van der Waals surface area (Å²) in [5.41, 5.74) is 0.0374. The molecular weight excluding hydrogens is 316 g/mol. The zero-order valence-electron chi connectivity index (χ0n) is 11.9. The predicted octanol–water partition coefficient (Wildman–Crippen LogP) is 2.98. The molecular formula is C13H17ClN2O4S. The van der Waals surface area contributed by atoms with Crippen LogP contribution in [0.5, 0.6) is 0 Å². The van der Waals surface area contributed by atoms with Gasteiger partial charge in [0, 0.05) is 19.2 Å². The number of nitro groups is 1. The maximum atomic E-state index is 12.7. The van der Waals surface area contributed by atoms with E-state index in [1.165, 1.54) is 10.4 Å². The first kappa shape index (κ1) is 16.2. The molecule has 6 nitrogen and oxygen atoms in total. The monoisotopic (exact) mass is 332 g/mol. The van der Waals surface area contributed by atoms with Gasteiger partial charge >= 0.3 is 0 Å². The molecule has 2 rings (SSSR count). The lowest BCUT2D eigenvalue weighted by Crippen LogP contribution is -2.38. The number of benzene rings is 1. The zero-order chi connectivity index (χ0) is 15.8. The standard InChI is InChI=1S/C13H17ClN2O4S/c1-9-3-5-15(6-4-9)21(19,20)13-8-12(16(17)18)11(14)7-10(13)2/h7-9H,3-6H2,1-2H3. The molecule has 1 aliphatic rings. The van der Waals surface area contributed by atoms with Crippen molar-refractivity contribution in [2.75, 3.05) is 13.1 Å². The molecule has 116 valence electrons. The third-order valence-corrected chi connectivity index (χ3v) is 6.14. The van der Waals surface area contributed by atoms with Crippen LogP contribution in [-0.2, 0) is 10.0 Å². The van der Waals surface area contributed by atoms with Crippen LogP contribution in [0.2, 0.25) is 5.02 Å². The van der Waals surface area contributed by atoms with Gasteiger partial charge in [-0.3, -0.25) is 10.1 Å². The molecule has 1 fully saturated rings. The Bertz CT molecular complexity index is 667. The average Bonchev–Trinajstić information content (AvgIpc) is 2.38. The Morgan fingerprint density at radius 1 is 1.33 bits per heavy atom. The Hall–Kier alpha value is -1.18. The topological polar surface area (TPSA) is 80.5 Å². The van der Waals surface area contributed by atoms with Gasteiger partial charge in [-0.05, 0) is 37.3 Å². The third-order valence-electron chi connectivity index (χ3n) is 3.80. The minimum atomic E-state index is -3.72. The van der Waals surface area contributed by atoms with E-state index in [9.17, 15) is 18.5 Å². The van der Waals surface area contributed by atoms with Crippen molar-refractivity contribution in [3.8, 4) is 0 Å². The minimum Gasteiger partial charge on any atom is -0.258 e. The molecule has 0 radical (unpaired) electrons. The Balaban J connectivity index is 2.45. The summed E-state index contributed by atoms with van der Waals surface area (Å²) in [6, 6.07) is 2.39. The van der Waals surface area contributed by atoms with E-state index in [0.717, 1.165) is 18.9 Å². The molecule has 0 atom stereocenters. The fourth-order valence-corrected chi connectivity index (χ4v) is 4.41. The summed E-state index contributed by atoms with van der Waals surface area (Å²) in [4.78, 5) is 10.2. The smallest absolute Gasteiger partial charge is 0.258 e. The summed E-state index contributed by atoms with van der Waals surface area (Å²) in [6.07, 6.45) is 1.60. The summed E-state index contributed by atoms with van der Waals surface area (Å²) in [7, 11) is -3.72. The van der Waals surface area contributed by atoms with Gasteiger partial charge in [-0.1, -0.05) is 18.5 Å². The normalized spacial score (nSPS) is 17.9. The number of rotatable bonds is 3. The maximum Gasteiger partial charge on any atom is 0.289 e. The van der Waals surface area contributed by atoms with Crippen molar-refractivity contribution >= 4 is 27.3 Å². The molecule has 0 aliphatic carbocycles. The molecule has 0 saturated carbocycles. The fourth-order valence-electron chi connectivity index (χ4n) is 2.42. The van der Waals surface area contributed by atoms with Crippen LogP contribution in [0.25, 0.3) is 0 Å². The van der Waals surface area contributed by atoms with E-state index in [-0.39, 0.29) is 15.6 Å². The quantitative estimate of drug-likeness (QED) is 0.629. The number of nitrogens with zero attached hydrogens (tertiary/aromatic N) is 2. The number of aryl methyl sites for hydroxylation is 1. The molecule has 1 aromatic rings. The lowest BCUT2D eigenvalue weighted by Gasteiger charge is -2.29. The van der Waals surface area contributed by atoms with Gasteiger partial charge in [0.2, 0.25) is 10.0 Å². The molecule has 1 saturated heterocycles. The molecule has 0 spiro atoms. The summed E-state index contributed by atoms with van der Waals surface area (Å²) >= 11 is 5.80. The molecule has 1 aromatic carbocycles. The second kappa shape index (κ2) is 5.90. The number of piperidine rings is 1. The molecule has 0 unspecified atom stereocenters. The molecule has 21 heavy (non-hydrogen) atoms. The highest BCUT2D eigenvalue weighted by Gasteiger charge is 2.31. The van der Waals surface area contributed by atoms with Crippen LogP contribution >= 0.6 is 11.6 Å². The largest absolute Gasteiger partial charge is 0.289 e. The van der Waals surface area contributed by atoms with Crippen molar-refractivity contribution in [3.63, 3.8) is 0 Å². The van der Waals surface area contributed by atoms with Crippen molar-refractivity contribution in [3.05, 3.63) is 32.8 Å². The van der Waals surface area contributed by atoms with Crippen LogP contribution in [-0.4, -0.2) is 30.7 Å². The average molecular weight is 333 g/mol. The molecule has 0 amide bonds. The molecule has 0 N–H and O–H groups in total. The van der Waals surface area contributed by atoms with Gasteiger partial charge < -0.3 is 0 Å². The summed E-state index contributed by atoms with van der Waals surface area (Å²) in [5.74, 6) is 0.497. The zero-order valence-corrected chi connectivity index (χ0v) is 13.4. The highest BCUT2D eigenvalue weighted by molar-refractivity contribution is 7.89. The van der Waals surface area contributed by atoms with Crippen LogP contribution in [0.15, 0.2) is 17.0 Å². The van der Waals surface area contributed by atoms with Crippen molar-refractivity contribution in [1.82, 2.24) is 4.31 Å². The van der Waals surface area contributed by atoms with Crippen molar-refractivity contribution in [2.24, 2.45) is 5.92 Å². The summed E-state index contributed by atoms with van der Waals surface area (Å²) < 4.78 is 26.7. The second-order valence-corrected chi connectivity index (χ2v) is 7.73. The lowest BCUT2D eigenvalue weighted by atomic mass is 10.0. The first-order valence-corrected chi connectivity index (χ1v) is 8.50. The summed E-state index contributed by atoms with van der Waals surface area (Å²) in [5, 5.41) is 10.9. The molecule has 1 heterocycles. The maximum absolute atomic E-state index is 12.7. The van der Waals surface area contributed by atoms with Crippen LogP contribution < -0.4 is 0 Å². The number of hydrogen-bond acceptors (Lipinski definition) is 4. The van der Waals surface area contributed by atoms with E-state index < -0.39 is 14.9 Å². The van der Waals surface area contributed by atoms with E-state index in [2.05, 4.69) is 6.92 Å². The number of halogens is 1. The highest BCUT2D eigenvalue weighted by atomic mass is 35.5. The van der Waals surface area contributed by atoms with Gasteiger partial charge in [-0.2, -0.15) is 4.31 Å². The Morgan fingerprint density at radius 2 is 1.90 bits per heavy atom. The molecule has 1 aliphatic heterocycles. The lowest BCUT2D eigenvalue weighted by molar-refractivity contribution is -0.384. The van der Waals surface area contributed by atoms with Gasteiger partial charge in [0.25, 0.3) is 5.69 Å². The fraction of sp³-hybridized carbons (Fsp3) is 0.538. The first-order chi connectivity index (χ1) is 9.73. The van der Waals surface area contributed by atoms with Crippen molar-refractivity contribution in [2.45, 2.75) is 31.6 Å². The Labute approximate surface area is 128 Å². The first-order valence-electron chi connectivity index (χ1n) is 6.68. The van der Waals surface area contributed by atoms with Crippen molar-refractivity contribution < 1.29 is 13.3 Å². The van der Waals surface area contributed by atoms with Crippen LogP contribution in [0.3, 0.4) is 0 Å². The van der Waals surface area contributed by atoms with Crippen LogP contribution in [0.4, 0.5) is 5.69 Å². The second-order valence-electron chi connectivity index (χ2n) is 5.41. The van der Waals surface area contributed by atoms with E-state index >= 15 is 0 Å². The molecule has 0 aromatic heterocycles. The Morgan fingerprint density at radius 3 is 2.43 bits per heavy atom. The highest BCUT2D eigenvalue weighted by Crippen LogP contribution is 2.32. The number of nitro benzene ring substituents is 1.